The molecule has 116 valence electrons. The van der Waals surface area contributed by atoms with Gasteiger partial charge in [0.1, 0.15) is 5.82 Å². The maximum Gasteiger partial charge on any atom is 0.247 e. The summed E-state index contributed by atoms with van der Waals surface area (Å²) in [6.07, 6.45) is 6.26. The second-order valence-corrected chi connectivity index (χ2v) is 5.52. The van der Waals surface area contributed by atoms with E-state index in [9.17, 15) is 4.39 Å². The van der Waals surface area contributed by atoms with Gasteiger partial charge in [0.25, 0.3) is 0 Å². The normalized spacial score (nSPS) is 18.3. The van der Waals surface area contributed by atoms with Crippen molar-refractivity contribution in [1.29, 1.82) is 0 Å². The molecule has 0 aliphatic carbocycles. The summed E-state index contributed by atoms with van der Waals surface area (Å²) in [5.41, 5.74) is 0.776. The van der Waals surface area contributed by atoms with Crippen molar-refractivity contribution < 1.29 is 4.39 Å². The van der Waals surface area contributed by atoms with E-state index in [-0.39, 0.29) is 5.82 Å². The Morgan fingerprint density at radius 3 is 2.86 bits per heavy atom. The number of piperidine rings is 1. The van der Waals surface area contributed by atoms with Crippen molar-refractivity contribution in [2.45, 2.75) is 38.6 Å². The molecule has 22 heavy (non-hydrogen) atoms. The zero-order valence-corrected chi connectivity index (χ0v) is 12.7. The third-order valence-corrected chi connectivity index (χ3v) is 4.02. The number of rotatable bonds is 4. The molecule has 2 aromatic rings. The molecule has 0 amide bonds. The van der Waals surface area contributed by atoms with Crippen LogP contribution in [0.25, 0.3) is 0 Å². The highest BCUT2D eigenvalue weighted by molar-refractivity contribution is 5.56. The Bertz CT molecular complexity index is 616. The highest BCUT2D eigenvalue weighted by atomic mass is 19.1. The number of benzene rings is 1. The molecule has 1 fully saturated rings. The summed E-state index contributed by atoms with van der Waals surface area (Å²) in [6.45, 7) is 3.16. The standard InChI is InChI=1S/C16H20FN5/c1-2-14-5-3-4-10-22(14)16-20-15(11-18-21-16)19-13-8-6-12(17)7-9-13/h6-9,11,14H,2-5,10H2,1H3,(H,19,20,21). The number of halogens is 1. The number of hydrogen-bond acceptors (Lipinski definition) is 5. The quantitative estimate of drug-likeness (QED) is 0.936. The molecule has 0 saturated carbocycles. The molecule has 3 rings (SSSR count). The predicted molar refractivity (Wildman–Crippen MR) is 84.8 cm³/mol. The van der Waals surface area contributed by atoms with E-state index in [1.54, 1.807) is 18.3 Å². The fraction of sp³-hybridized carbons (Fsp3) is 0.438. The summed E-state index contributed by atoms with van der Waals surface area (Å²) in [5, 5.41) is 11.4. The fourth-order valence-electron chi connectivity index (χ4n) is 2.85. The molecule has 5 nitrogen and oxygen atoms in total. The van der Waals surface area contributed by atoms with Crippen LogP contribution in [-0.4, -0.2) is 27.8 Å². The van der Waals surface area contributed by atoms with Crippen molar-refractivity contribution in [3.8, 4) is 0 Å². The van der Waals surface area contributed by atoms with E-state index >= 15 is 0 Å². The molecule has 1 aromatic carbocycles. The van der Waals surface area contributed by atoms with Crippen LogP contribution in [0, 0.1) is 5.82 Å². The molecule has 2 heterocycles. The molecule has 1 aliphatic rings. The van der Waals surface area contributed by atoms with Gasteiger partial charge in [-0.2, -0.15) is 10.1 Å². The van der Waals surface area contributed by atoms with Crippen molar-refractivity contribution in [3.63, 3.8) is 0 Å². The molecule has 0 spiro atoms. The maximum absolute atomic E-state index is 12.9. The van der Waals surface area contributed by atoms with Crippen molar-refractivity contribution in [1.82, 2.24) is 15.2 Å². The molecule has 0 radical (unpaired) electrons. The maximum atomic E-state index is 12.9. The lowest BCUT2D eigenvalue weighted by atomic mass is 10.0. The Kier molecular flexibility index (Phi) is 4.46. The molecular formula is C16H20FN5. The van der Waals surface area contributed by atoms with Crippen LogP contribution in [0.5, 0.6) is 0 Å². The number of nitrogens with zero attached hydrogens (tertiary/aromatic N) is 4. The largest absolute Gasteiger partial charge is 0.339 e. The highest BCUT2D eigenvalue weighted by Gasteiger charge is 2.23. The van der Waals surface area contributed by atoms with Crippen LogP contribution < -0.4 is 10.2 Å². The van der Waals surface area contributed by atoms with Crippen molar-refractivity contribution in [2.75, 3.05) is 16.8 Å². The van der Waals surface area contributed by atoms with Crippen LogP contribution in [0.3, 0.4) is 0 Å². The average molecular weight is 301 g/mol. The van der Waals surface area contributed by atoms with Crippen molar-refractivity contribution in [2.24, 2.45) is 0 Å². The van der Waals surface area contributed by atoms with Crippen LogP contribution in [0.15, 0.2) is 30.5 Å². The van der Waals surface area contributed by atoms with E-state index in [1.165, 1.54) is 25.0 Å². The van der Waals surface area contributed by atoms with Crippen LogP contribution in [0.1, 0.15) is 32.6 Å². The van der Waals surface area contributed by atoms with Gasteiger partial charge >= 0.3 is 0 Å². The van der Waals surface area contributed by atoms with Gasteiger partial charge in [-0.1, -0.05) is 6.92 Å². The molecular weight excluding hydrogens is 281 g/mol. The van der Waals surface area contributed by atoms with E-state index in [0.717, 1.165) is 25.1 Å². The summed E-state index contributed by atoms with van der Waals surface area (Å²) in [5.74, 6) is 1.03. The first kappa shape index (κ1) is 14.7. The number of aromatic nitrogens is 3. The minimum absolute atomic E-state index is 0.258. The molecule has 1 aliphatic heterocycles. The molecule has 1 aromatic heterocycles. The van der Waals surface area contributed by atoms with E-state index < -0.39 is 0 Å². The zero-order chi connectivity index (χ0) is 15.4. The molecule has 6 heteroatoms. The van der Waals surface area contributed by atoms with Crippen LogP contribution >= 0.6 is 0 Å². The van der Waals surface area contributed by atoms with Gasteiger partial charge in [0.15, 0.2) is 5.82 Å². The first-order valence-corrected chi connectivity index (χ1v) is 7.75. The summed E-state index contributed by atoms with van der Waals surface area (Å²) < 4.78 is 12.9. The second kappa shape index (κ2) is 6.68. The van der Waals surface area contributed by atoms with Crippen LogP contribution in [0.4, 0.5) is 21.8 Å². The van der Waals surface area contributed by atoms with E-state index in [1.807, 2.05) is 0 Å². The Labute approximate surface area is 129 Å². The number of anilines is 3. The lowest BCUT2D eigenvalue weighted by Crippen LogP contribution is -2.40. The minimum Gasteiger partial charge on any atom is -0.339 e. The average Bonchev–Trinajstić information content (AvgIpc) is 2.57. The molecule has 1 unspecified atom stereocenters. The van der Waals surface area contributed by atoms with E-state index in [2.05, 4.69) is 32.3 Å². The number of hydrogen-bond donors (Lipinski definition) is 1. The Morgan fingerprint density at radius 2 is 2.09 bits per heavy atom. The van der Waals surface area contributed by atoms with Gasteiger partial charge in [0.2, 0.25) is 5.95 Å². The highest BCUT2D eigenvalue weighted by Crippen LogP contribution is 2.24. The Hall–Kier alpha value is -2.24. The predicted octanol–water partition coefficient (Wildman–Crippen LogP) is 3.52. The van der Waals surface area contributed by atoms with E-state index in [4.69, 9.17) is 0 Å². The summed E-state index contributed by atoms with van der Waals surface area (Å²) in [6, 6.07) is 6.65. The smallest absolute Gasteiger partial charge is 0.247 e. The minimum atomic E-state index is -0.258. The van der Waals surface area contributed by atoms with Gasteiger partial charge in [-0.05, 0) is 49.9 Å². The van der Waals surface area contributed by atoms with Gasteiger partial charge in [-0.3, -0.25) is 0 Å². The van der Waals surface area contributed by atoms with Crippen LogP contribution in [0.2, 0.25) is 0 Å². The first-order valence-electron chi connectivity index (χ1n) is 7.75. The second-order valence-electron chi connectivity index (χ2n) is 5.52. The summed E-state index contributed by atoms with van der Waals surface area (Å²) in [4.78, 5) is 6.80. The monoisotopic (exact) mass is 301 g/mol. The topological polar surface area (TPSA) is 53.9 Å². The lowest BCUT2D eigenvalue weighted by Gasteiger charge is -2.34. The van der Waals surface area contributed by atoms with Gasteiger partial charge in [-0.25, -0.2) is 4.39 Å². The molecule has 1 atom stereocenters. The van der Waals surface area contributed by atoms with Crippen molar-refractivity contribution in [3.05, 3.63) is 36.3 Å². The molecule has 1 N–H and O–H groups in total. The van der Waals surface area contributed by atoms with Gasteiger partial charge < -0.3 is 10.2 Å². The third-order valence-electron chi connectivity index (χ3n) is 4.02. The summed E-state index contributed by atoms with van der Waals surface area (Å²) >= 11 is 0. The van der Waals surface area contributed by atoms with E-state index in [0.29, 0.717) is 17.8 Å². The van der Waals surface area contributed by atoms with Crippen LogP contribution in [-0.2, 0) is 0 Å². The van der Waals surface area contributed by atoms with Gasteiger partial charge in [-0.15, -0.1) is 5.10 Å². The summed E-state index contributed by atoms with van der Waals surface area (Å²) in [7, 11) is 0. The molecule has 0 bridgehead atoms. The Morgan fingerprint density at radius 1 is 1.27 bits per heavy atom. The fourth-order valence-corrected chi connectivity index (χ4v) is 2.85. The third kappa shape index (κ3) is 3.32. The van der Waals surface area contributed by atoms with Gasteiger partial charge in [0.05, 0.1) is 6.20 Å². The molecule has 1 saturated heterocycles. The Balaban J connectivity index is 1.78. The van der Waals surface area contributed by atoms with Crippen molar-refractivity contribution >= 4 is 17.5 Å². The first-order chi connectivity index (χ1) is 10.8. The number of nitrogens with one attached hydrogen (secondary N) is 1. The lowest BCUT2D eigenvalue weighted by molar-refractivity contribution is 0.442. The van der Waals surface area contributed by atoms with Gasteiger partial charge in [0, 0.05) is 18.3 Å². The SMILES string of the molecule is CCC1CCCCN1c1nncc(Nc2ccc(F)cc2)n1. The zero-order valence-electron chi connectivity index (χ0n) is 12.7.